The second-order valence-corrected chi connectivity index (χ2v) is 6.40. The Balaban J connectivity index is 1.71. The summed E-state index contributed by atoms with van der Waals surface area (Å²) < 4.78 is 11.0. The maximum atomic E-state index is 10.2. The third-order valence-corrected chi connectivity index (χ3v) is 4.61. The lowest BCUT2D eigenvalue weighted by Crippen LogP contribution is -2.48. The predicted octanol–water partition coefficient (Wildman–Crippen LogP) is 0.446. The molecule has 1 fully saturated rings. The predicted molar refractivity (Wildman–Crippen MR) is 95.9 cm³/mol. The molecule has 4 N–H and O–H groups in total. The highest BCUT2D eigenvalue weighted by atomic mass is 16.6. The van der Waals surface area contributed by atoms with Gasteiger partial charge in [0.25, 0.3) is 0 Å². The average Bonchev–Trinajstić information content (AvgIpc) is 2.81. The molecular formula is C20H21NO6. The Labute approximate surface area is 156 Å². The minimum atomic E-state index is -1.49. The van der Waals surface area contributed by atoms with Gasteiger partial charge < -0.3 is 29.9 Å². The molecule has 0 aromatic heterocycles. The zero-order valence-electron chi connectivity index (χ0n) is 14.5. The van der Waals surface area contributed by atoms with Crippen molar-refractivity contribution >= 4 is 0 Å². The van der Waals surface area contributed by atoms with E-state index in [4.69, 9.17) is 14.7 Å². The average molecular weight is 371 g/mol. The Hall–Kier alpha value is -2.47. The molecule has 0 radical (unpaired) electrons. The number of hydrogen-bond donors (Lipinski definition) is 4. The van der Waals surface area contributed by atoms with Crippen LogP contribution >= 0.6 is 0 Å². The van der Waals surface area contributed by atoms with Crippen LogP contribution in [-0.2, 0) is 4.74 Å². The smallest absolute Gasteiger partial charge is 0.150 e. The normalized spacial score (nSPS) is 28.2. The lowest BCUT2D eigenvalue weighted by molar-refractivity contribution is -0.108. The Morgan fingerprint density at radius 2 is 1.52 bits per heavy atom. The van der Waals surface area contributed by atoms with E-state index in [0.717, 1.165) is 11.1 Å². The maximum Gasteiger partial charge on any atom is 0.150 e. The van der Waals surface area contributed by atoms with E-state index < -0.39 is 37.1 Å². The summed E-state index contributed by atoms with van der Waals surface area (Å²) in [6.07, 6.45) is -6.14. The molecule has 27 heavy (non-hydrogen) atoms. The van der Waals surface area contributed by atoms with Crippen molar-refractivity contribution < 1.29 is 29.9 Å². The van der Waals surface area contributed by atoms with Gasteiger partial charge in [0.2, 0.25) is 0 Å². The van der Waals surface area contributed by atoms with Crippen molar-refractivity contribution in [3.63, 3.8) is 0 Å². The van der Waals surface area contributed by atoms with Gasteiger partial charge in [-0.25, -0.2) is 0 Å². The van der Waals surface area contributed by atoms with Crippen LogP contribution in [0.2, 0.25) is 0 Å². The van der Waals surface area contributed by atoms with E-state index >= 15 is 0 Å². The first-order valence-electron chi connectivity index (χ1n) is 8.57. The third-order valence-electron chi connectivity index (χ3n) is 4.61. The Kier molecular flexibility index (Phi) is 6.06. The number of aliphatic hydroxyl groups is 4. The highest BCUT2D eigenvalue weighted by Gasteiger charge is 2.41. The molecule has 2 aromatic rings. The number of ether oxygens (including phenoxy) is 2. The summed E-state index contributed by atoms with van der Waals surface area (Å²) in [5.74, 6) is 0.462. The second kappa shape index (κ2) is 8.48. The summed E-state index contributed by atoms with van der Waals surface area (Å²) in [6.45, 7) is -0.561. The van der Waals surface area contributed by atoms with Crippen molar-refractivity contribution in [2.75, 3.05) is 13.2 Å². The van der Waals surface area contributed by atoms with Crippen molar-refractivity contribution in [3.05, 3.63) is 54.1 Å². The van der Waals surface area contributed by atoms with Gasteiger partial charge in [0, 0.05) is 0 Å². The van der Waals surface area contributed by atoms with Gasteiger partial charge in [-0.3, -0.25) is 0 Å². The lowest BCUT2D eigenvalue weighted by Gasteiger charge is -2.26. The number of nitriles is 1. The summed E-state index contributed by atoms with van der Waals surface area (Å²) in [7, 11) is 0. The molecule has 7 heteroatoms. The largest absolute Gasteiger partial charge is 0.485 e. The molecule has 0 unspecified atom stereocenters. The van der Waals surface area contributed by atoms with Crippen LogP contribution in [0.4, 0.5) is 0 Å². The van der Waals surface area contributed by atoms with Crippen molar-refractivity contribution in [3.8, 4) is 22.9 Å². The minimum absolute atomic E-state index is 0.0854. The first-order chi connectivity index (χ1) is 13.0. The summed E-state index contributed by atoms with van der Waals surface area (Å²) in [6, 6.07) is 16.4. The molecule has 7 nitrogen and oxygen atoms in total. The Bertz CT molecular complexity index is 786. The van der Waals surface area contributed by atoms with Crippen LogP contribution in [0.3, 0.4) is 0 Å². The molecule has 142 valence electrons. The molecule has 1 heterocycles. The monoisotopic (exact) mass is 371 g/mol. The Morgan fingerprint density at radius 1 is 0.926 bits per heavy atom. The third kappa shape index (κ3) is 4.27. The molecule has 0 aliphatic carbocycles. The van der Waals surface area contributed by atoms with Crippen LogP contribution in [0.5, 0.6) is 5.75 Å². The SMILES string of the molecule is N#Cc1ccc(-c2ccc(O[C@H]3CO[C@H](CO)[C@@H](O)[C@H](O)[C@@H]3O)cc2)cc1. The quantitative estimate of drug-likeness (QED) is 0.615. The zero-order valence-corrected chi connectivity index (χ0v) is 14.5. The van der Waals surface area contributed by atoms with E-state index in [0.29, 0.717) is 11.3 Å². The van der Waals surface area contributed by atoms with Gasteiger partial charge >= 0.3 is 0 Å². The summed E-state index contributed by atoms with van der Waals surface area (Å²) in [4.78, 5) is 0. The molecule has 1 saturated heterocycles. The van der Waals surface area contributed by atoms with E-state index in [-0.39, 0.29) is 6.61 Å². The zero-order chi connectivity index (χ0) is 19.4. The molecule has 2 aromatic carbocycles. The van der Waals surface area contributed by atoms with E-state index in [1.807, 2.05) is 24.3 Å². The number of aliphatic hydroxyl groups excluding tert-OH is 4. The van der Waals surface area contributed by atoms with Crippen molar-refractivity contribution in [2.24, 2.45) is 0 Å². The molecule has 5 atom stereocenters. The van der Waals surface area contributed by atoms with Crippen LogP contribution < -0.4 is 4.74 Å². The van der Waals surface area contributed by atoms with Gasteiger partial charge in [-0.2, -0.15) is 5.26 Å². The number of rotatable bonds is 4. The van der Waals surface area contributed by atoms with Crippen LogP contribution in [0.25, 0.3) is 11.1 Å². The Morgan fingerprint density at radius 3 is 2.07 bits per heavy atom. The second-order valence-electron chi connectivity index (χ2n) is 6.40. The summed E-state index contributed by atoms with van der Waals surface area (Å²) in [5.41, 5.74) is 2.46. The molecule has 3 rings (SSSR count). The van der Waals surface area contributed by atoms with E-state index in [1.54, 1.807) is 24.3 Å². The highest BCUT2D eigenvalue weighted by Crippen LogP contribution is 2.25. The topological polar surface area (TPSA) is 123 Å². The molecule has 1 aliphatic heterocycles. The van der Waals surface area contributed by atoms with Gasteiger partial charge in [0.15, 0.2) is 6.10 Å². The van der Waals surface area contributed by atoms with Crippen molar-refractivity contribution in [1.82, 2.24) is 0 Å². The molecule has 0 amide bonds. The van der Waals surface area contributed by atoms with Gasteiger partial charge in [-0.05, 0) is 35.4 Å². The van der Waals surface area contributed by atoms with Gasteiger partial charge in [0.05, 0.1) is 24.8 Å². The van der Waals surface area contributed by atoms with E-state index in [2.05, 4.69) is 6.07 Å². The van der Waals surface area contributed by atoms with Gasteiger partial charge in [0.1, 0.15) is 30.2 Å². The van der Waals surface area contributed by atoms with Crippen molar-refractivity contribution in [2.45, 2.75) is 30.5 Å². The van der Waals surface area contributed by atoms with Crippen LogP contribution in [0.15, 0.2) is 48.5 Å². The molecule has 0 spiro atoms. The molecule has 1 aliphatic rings. The van der Waals surface area contributed by atoms with E-state index in [1.165, 1.54) is 0 Å². The maximum absolute atomic E-state index is 10.2. The fourth-order valence-corrected chi connectivity index (χ4v) is 2.96. The van der Waals surface area contributed by atoms with Gasteiger partial charge in [-0.15, -0.1) is 0 Å². The molecule has 0 saturated carbocycles. The summed E-state index contributed by atoms with van der Waals surface area (Å²) >= 11 is 0. The van der Waals surface area contributed by atoms with Crippen LogP contribution in [-0.4, -0.2) is 64.2 Å². The molecular weight excluding hydrogens is 350 g/mol. The lowest BCUT2D eigenvalue weighted by atomic mass is 10.0. The standard InChI is InChI=1S/C20H21NO6/c21-9-12-1-3-13(4-2-12)14-5-7-15(8-6-14)27-17-11-26-16(10-22)18(23)20(25)19(17)24/h1-8,16-20,22-25H,10-11H2/t16-,17+,18-,19-,20+/m1/s1. The number of hydrogen-bond acceptors (Lipinski definition) is 7. The molecule has 0 bridgehead atoms. The van der Waals surface area contributed by atoms with Crippen LogP contribution in [0, 0.1) is 11.3 Å². The number of benzene rings is 2. The fraction of sp³-hybridized carbons (Fsp3) is 0.350. The first kappa shape index (κ1) is 19.3. The minimum Gasteiger partial charge on any atom is -0.485 e. The van der Waals surface area contributed by atoms with Crippen molar-refractivity contribution in [1.29, 1.82) is 5.26 Å². The van der Waals surface area contributed by atoms with Gasteiger partial charge in [-0.1, -0.05) is 24.3 Å². The first-order valence-corrected chi connectivity index (χ1v) is 8.57. The number of nitrogens with zero attached hydrogens (tertiary/aromatic N) is 1. The van der Waals surface area contributed by atoms with E-state index in [9.17, 15) is 20.4 Å². The highest BCUT2D eigenvalue weighted by molar-refractivity contribution is 5.64. The van der Waals surface area contributed by atoms with Crippen LogP contribution in [0.1, 0.15) is 5.56 Å². The summed E-state index contributed by atoms with van der Waals surface area (Å²) in [5, 5.41) is 48.2. The fourth-order valence-electron chi connectivity index (χ4n) is 2.96.